The van der Waals surface area contributed by atoms with Gasteiger partial charge >= 0.3 is 18.1 Å². The number of aromatic nitrogens is 2. The minimum atomic E-state index is -5.08. The summed E-state index contributed by atoms with van der Waals surface area (Å²) in [5, 5.41) is 7.12. The number of likely N-dealkylation sites (tertiary alicyclic amines) is 2. The number of amides is 1. The molecule has 1 aromatic heterocycles. The molecule has 2 saturated heterocycles. The van der Waals surface area contributed by atoms with Crippen LogP contribution in [0.2, 0.25) is 0 Å². The largest absolute Gasteiger partial charge is 0.490 e. The molecule has 2 atom stereocenters. The van der Waals surface area contributed by atoms with E-state index in [0.717, 1.165) is 19.4 Å². The number of carbonyl (C=O) groups excluding carboxylic acids is 2. The van der Waals surface area contributed by atoms with Crippen molar-refractivity contribution in [1.82, 2.24) is 19.8 Å². The predicted octanol–water partition coefficient (Wildman–Crippen LogP) is 2.24. The van der Waals surface area contributed by atoms with Crippen molar-refractivity contribution < 1.29 is 37.4 Å². The third-order valence-electron chi connectivity index (χ3n) is 5.94. The van der Waals surface area contributed by atoms with Crippen molar-refractivity contribution in [2.75, 3.05) is 32.8 Å². The van der Waals surface area contributed by atoms with E-state index in [1.165, 1.54) is 12.4 Å². The van der Waals surface area contributed by atoms with Crippen molar-refractivity contribution in [2.24, 2.45) is 11.3 Å². The Morgan fingerprint density at radius 3 is 2.45 bits per heavy atom. The first-order chi connectivity index (χ1) is 15.4. The monoisotopic (exact) mass is 474 g/mol. The number of halogens is 3. The lowest BCUT2D eigenvalue weighted by molar-refractivity contribution is -0.192. The van der Waals surface area contributed by atoms with Crippen molar-refractivity contribution in [3.63, 3.8) is 0 Å². The minimum Gasteiger partial charge on any atom is -0.475 e. The van der Waals surface area contributed by atoms with Gasteiger partial charge in [0.15, 0.2) is 0 Å². The lowest BCUT2D eigenvalue weighted by Gasteiger charge is -2.31. The molecule has 3 heterocycles. The quantitative estimate of drug-likeness (QED) is 0.661. The van der Waals surface area contributed by atoms with Gasteiger partial charge in [0, 0.05) is 50.5 Å². The molecule has 0 aliphatic carbocycles. The van der Waals surface area contributed by atoms with Gasteiger partial charge in [-0.15, -0.1) is 0 Å². The van der Waals surface area contributed by atoms with Gasteiger partial charge in [-0.05, 0) is 33.6 Å². The molecule has 2 fully saturated rings. The highest BCUT2D eigenvalue weighted by Gasteiger charge is 2.54. The van der Waals surface area contributed by atoms with Gasteiger partial charge in [-0.3, -0.25) is 19.5 Å². The van der Waals surface area contributed by atoms with Crippen LogP contribution in [0.15, 0.2) is 18.6 Å². The van der Waals surface area contributed by atoms with Gasteiger partial charge in [-0.25, -0.2) is 9.78 Å². The lowest BCUT2D eigenvalue weighted by atomic mass is 9.75. The Kier molecular flexibility index (Phi) is 8.76. The van der Waals surface area contributed by atoms with Crippen molar-refractivity contribution in [2.45, 2.75) is 45.8 Å². The maximum absolute atomic E-state index is 12.9. The van der Waals surface area contributed by atoms with Gasteiger partial charge in [-0.1, -0.05) is 0 Å². The summed E-state index contributed by atoms with van der Waals surface area (Å²) in [4.78, 5) is 46.9. The van der Waals surface area contributed by atoms with E-state index < -0.39 is 17.6 Å². The number of ether oxygens (including phenoxy) is 1. The Balaban J connectivity index is 0.000000479. The molecule has 0 spiro atoms. The Bertz CT molecular complexity index is 837. The van der Waals surface area contributed by atoms with Gasteiger partial charge in [0.05, 0.1) is 18.2 Å². The summed E-state index contributed by atoms with van der Waals surface area (Å²) in [6.45, 7) is 9.23. The molecule has 0 aromatic carbocycles. The number of hydrogen-bond acceptors (Lipinski definition) is 7. The van der Waals surface area contributed by atoms with E-state index in [9.17, 15) is 22.8 Å². The summed E-state index contributed by atoms with van der Waals surface area (Å²) in [6, 6.07) is 0.359. The summed E-state index contributed by atoms with van der Waals surface area (Å²) in [5.74, 6) is -2.90. The van der Waals surface area contributed by atoms with Crippen molar-refractivity contribution in [3.05, 3.63) is 24.3 Å². The summed E-state index contributed by atoms with van der Waals surface area (Å²) in [6.07, 6.45) is 1.05. The fourth-order valence-corrected chi connectivity index (χ4v) is 4.23. The topological polar surface area (TPSA) is 113 Å². The molecule has 2 aliphatic heterocycles. The summed E-state index contributed by atoms with van der Waals surface area (Å²) in [7, 11) is 0. The third-order valence-corrected chi connectivity index (χ3v) is 5.94. The van der Waals surface area contributed by atoms with Crippen LogP contribution in [0.1, 0.15) is 44.1 Å². The average Bonchev–Trinajstić information content (AvgIpc) is 3.03. The van der Waals surface area contributed by atoms with E-state index in [4.69, 9.17) is 14.6 Å². The highest BCUT2D eigenvalue weighted by atomic mass is 19.4. The number of nitrogens with zero attached hydrogens (tertiary/aromatic N) is 4. The maximum atomic E-state index is 12.9. The van der Waals surface area contributed by atoms with E-state index in [1.807, 2.05) is 11.8 Å². The number of hydrogen-bond donors (Lipinski definition) is 1. The first-order valence-electron chi connectivity index (χ1n) is 10.7. The Morgan fingerprint density at radius 1 is 1.27 bits per heavy atom. The van der Waals surface area contributed by atoms with Crippen LogP contribution in [0.25, 0.3) is 0 Å². The molecule has 12 heteroatoms. The Hall–Kier alpha value is -2.76. The number of aliphatic carboxylic acids is 1. The third kappa shape index (κ3) is 6.40. The molecule has 1 N–H and O–H groups in total. The maximum Gasteiger partial charge on any atom is 0.490 e. The van der Waals surface area contributed by atoms with Gasteiger partial charge in [0.2, 0.25) is 0 Å². The normalized spacial score (nSPS) is 23.2. The number of fused-ring (bicyclic) bond motifs is 1. The molecule has 2 aliphatic rings. The Labute approximate surface area is 189 Å². The van der Waals surface area contributed by atoms with Crippen molar-refractivity contribution in [1.29, 1.82) is 0 Å². The number of rotatable bonds is 4. The van der Waals surface area contributed by atoms with E-state index >= 15 is 0 Å². The number of carbonyl (C=O) groups is 3. The zero-order valence-electron chi connectivity index (χ0n) is 18.8. The van der Waals surface area contributed by atoms with Gasteiger partial charge in [-0.2, -0.15) is 13.2 Å². The van der Waals surface area contributed by atoms with Gasteiger partial charge in [0.1, 0.15) is 5.69 Å². The summed E-state index contributed by atoms with van der Waals surface area (Å²) >= 11 is 0. The van der Waals surface area contributed by atoms with Crippen LogP contribution in [0.5, 0.6) is 0 Å². The number of esters is 1. The molecule has 0 saturated carbocycles. The number of carboxylic acid groups (broad SMARTS) is 1. The van der Waals surface area contributed by atoms with E-state index in [0.29, 0.717) is 38.0 Å². The molecule has 9 nitrogen and oxygen atoms in total. The van der Waals surface area contributed by atoms with E-state index in [-0.39, 0.29) is 17.8 Å². The second-order valence-corrected chi connectivity index (χ2v) is 8.35. The predicted molar refractivity (Wildman–Crippen MR) is 110 cm³/mol. The molecule has 1 amide bonds. The average molecular weight is 474 g/mol. The van der Waals surface area contributed by atoms with Crippen LogP contribution in [-0.2, 0) is 14.3 Å². The second-order valence-electron chi connectivity index (χ2n) is 8.35. The van der Waals surface area contributed by atoms with Crippen LogP contribution < -0.4 is 0 Å². The minimum absolute atomic E-state index is 0.0760. The van der Waals surface area contributed by atoms with E-state index in [2.05, 4.69) is 28.7 Å². The molecule has 33 heavy (non-hydrogen) atoms. The molecule has 1 aromatic rings. The van der Waals surface area contributed by atoms with Gasteiger partial charge in [0.25, 0.3) is 5.91 Å². The SMILES string of the molecule is CCOC(=O)[C@]12CCCN(C(=O)c3cnccn3)C[C@H]1CN(C(C)C)C2.O=C(O)C(F)(F)F. The molecule has 0 bridgehead atoms. The van der Waals surface area contributed by atoms with Crippen LogP contribution in [-0.4, -0.2) is 87.7 Å². The fourth-order valence-electron chi connectivity index (χ4n) is 4.23. The van der Waals surface area contributed by atoms with Crippen LogP contribution in [0, 0.1) is 11.3 Å². The Morgan fingerprint density at radius 2 is 1.94 bits per heavy atom. The first kappa shape index (κ1) is 26.5. The lowest BCUT2D eigenvalue weighted by Crippen LogP contribution is -2.43. The fraction of sp³-hybridized carbons (Fsp3) is 0.667. The highest BCUT2D eigenvalue weighted by molar-refractivity contribution is 5.92. The molecule has 0 radical (unpaired) electrons. The summed E-state index contributed by atoms with van der Waals surface area (Å²) in [5.41, 5.74) is -0.160. The first-order valence-corrected chi connectivity index (χ1v) is 10.7. The number of alkyl halides is 3. The summed E-state index contributed by atoms with van der Waals surface area (Å²) < 4.78 is 37.2. The molecule has 184 valence electrons. The highest BCUT2D eigenvalue weighted by Crippen LogP contribution is 2.44. The van der Waals surface area contributed by atoms with Gasteiger partial charge < -0.3 is 14.7 Å². The number of carboxylic acids is 1. The molecule has 0 unspecified atom stereocenters. The van der Waals surface area contributed by atoms with Crippen molar-refractivity contribution in [3.8, 4) is 0 Å². The molecular formula is C21H29F3N4O5. The second kappa shape index (κ2) is 10.9. The molecule has 3 rings (SSSR count). The van der Waals surface area contributed by atoms with E-state index in [1.54, 1.807) is 6.20 Å². The molecular weight excluding hydrogens is 445 g/mol. The standard InChI is InChI=1S/C19H28N4O3.C2HF3O2/c1-4-26-18(25)19-6-5-9-22(17(24)16-10-20-7-8-21-16)11-15(19)12-23(13-19)14(2)3;3-2(4,5)1(6)7/h7-8,10,14-15H,4-6,9,11-13H2,1-3H3;(H,6,7)/t15-,19-;/m0./s1. The smallest absolute Gasteiger partial charge is 0.475 e. The van der Waals surface area contributed by atoms with Crippen molar-refractivity contribution >= 4 is 17.8 Å². The zero-order valence-corrected chi connectivity index (χ0v) is 18.8. The van der Waals surface area contributed by atoms with Crippen LogP contribution >= 0.6 is 0 Å². The van der Waals surface area contributed by atoms with Crippen LogP contribution in [0.3, 0.4) is 0 Å². The van der Waals surface area contributed by atoms with Crippen LogP contribution in [0.4, 0.5) is 13.2 Å². The zero-order chi connectivity index (χ0) is 24.8.